The van der Waals surface area contributed by atoms with Gasteiger partial charge in [-0.3, -0.25) is 0 Å². The molecule has 0 spiro atoms. The van der Waals surface area contributed by atoms with E-state index in [1.165, 1.54) is 11.3 Å². The molecule has 2 N–H and O–H groups in total. The molecule has 0 atom stereocenters. The van der Waals surface area contributed by atoms with Crippen molar-refractivity contribution in [3.63, 3.8) is 0 Å². The van der Waals surface area contributed by atoms with E-state index >= 15 is 0 Å². The fourth-order valence-corrected chi connectivity index (χ4v) is 2.37. The Balaban J connectivity index is 2.86. The third-order valence-electron chi connectivity index (χ3n) is 1.79. The summed E-state index contributed by atoms with van der Waals surface area (Å²) in [5, 5.41) is 10.3. The average Bonchev–Trinajstić information content (AvgIpc) is 2.42. The number of halogens is 1. The van der Waals surface area contributed by atoms with Gasteiger partial charge in [0.05, 0.1) is 5.69 Å². The molecule has 0 saturated carbocycles. The van der Waals surface area contributed by atoms with Gasteiger partial charge in [-0.2, -0.15) is 5.26 Å². The summed E-state index contributed by atoms with van der Waals surface area (Å²) in [6, 6.07) is 7.48. The number of nitrogen functional groups attached to an aromatic ring is 1. The van der Waals surface area contributed by atoms with E-state index in [1.807, 2.05) is 12.1 Å². The summed E-state index contributed by atoms with van der Waals surface area (Å²) in [4.78, 5) is 0.553. The lowest BCUT2D eigenvalue weighted by Gasteiger charge is -1.91. The van der Waals surface area contributed by atoms with Gasteiger partial charge in [-0.25, -0.2) is 0 Å². The zero-order valence-corrected chi connectivity index (χ0v) is 8.12. The molecular weight excluding hydrogens is 204 g/mol. The Kier molecular flexibility index (Phi) is 1.87. The van der Waals surface area contributed by atoms with E-state index in [9.17, 15) is 0 Å². The molecular formula is C9H5ClN2S. The molecule has 2 nitrogen and oxygen atoms in total. The van der Waals surface area contributed by atoms with Crippen molar-refractivity contribution in [2.75, 3.05) is 5.73 Å². The summed E-state index contributed by atoms with van der Waals surface area (Å²) < 4.78 is 0.960. The highest BCUT2D eigenvalue weighted by Gasteiger charge is 2.08. The first-order valence-electron chi connectivity index (χ1n) is 3.60. The highest BCUT2D eigenvalue weighted by Crippen LogP contribution is 2.34. The zero-order chi connectivity index (χ0) is 9.42. The van der Waals surface area contributed by atoms with E-state index in [-0.39, 0.29) is 0 Å². The first-order valence-corrected chi connectivity index (χ1v) is 4.79. The number of anilines is 1. The fraction of sp³-hybridized carbons (Fsp3) is 0. The number of fused-ring (bicyclic) bond motifs is 1. The number of hydrogen-bond donors (Lipinski definition) is 1. The Morgan fingerprint density at radius 1 is 1.46 bits per heavy atom. The van der Waals surface area contributed by atoms with E-state index in [1.54, 1.807) is 6.07 Å². The van der Waals surface area contributed by atoms with Gasteiger partial charge in [-0.05, 0) is 18.2 Å². The van der Waals surface area contributed by atoms with Gasteiger partial charge < -0.3 is 5.73 Å². The summed E-state index contributed by atoms with van der Waals surface area (Å²) in [5.74, 6) is 0. The molecule has 0 aliphatic heterocycles. The van der Waals surface area contributed by atoms with Gasteiger partial charge >= 0.3 is 0 Å². The monoisotopic (exact) mass is 208 g/mol. The van der Waals surface area contributed by atoms with E-state index in [0.29, 0.717) is 15.6 Å². The minimum absolute atomic E-state index is 0.553. The van der Waals surface area contributed by atoms with E-state index in [2.05, 4.69) is 6.07 Å². The Labute approximate surface area is 84.2 Å². The maximum Gasteiger partial charge on any atom is 0.129 e. The molecule has 64 valence electrons. The number of nitriles is 1. The van der Waals surface area contributed by atoms with Crippen LogP contribution in [0.3, 0.4) is 0 Å². The molecule has 13 heavy (non-hydrogen) atoms. The summed E-state index contributed by atoms with van der Waals surface area (Å²) in [6.07, 6.45) is 0. The minimum atomic E-state index is 0.553. The first kappa shape index (κ1) is 8.36. The van der Waals surface area contributed by atoms with Gasteiger partial charge in [0.25, 0.3) is 0 Å². The number of thiophene rings is 1. The van der Waals surface area contributed by atoms with Crippen molar-refractivity contribution in [2.24, 2.45) is 0 Å². The predicted molar refractivity (Wildman–Crippen MR) is 56.0 cm³/mol. The average molecular weight is 209 g/mol. The molecule has 1 heterocycles. The van der Waals surface area contributed by atoms with Crippen LogP contribution in [0.25, 0.3) is 10.1 Å². The van der Waals surface area contributed by atoms with Crippen molar-refractivity contribution in [2.45, 2.75) is 0 Å². The standard InChI is InChI=1S/C9H5ClN2S/c10-5-1-2-6-7(3-5)13-8(4-11)9(6)12/h1-3H,12H2. The lowest BCUT2D eigenvalue weighted by atomic mass is 10.2. The molecule has 4 heteroatoms. The van der Waals surface area contributed by atoms with Crippen LogP contribution in [0, 0.1) is 11.3 Å². The molecule has 0 amide bonds. The molecule has 0 aliphatic rings. The molecule has 1 aromatic carbocycles. The molecule has 1 aromatic heterocycles. The zero-order valence-electron chi connectivity index (χ0n) is 6.54. The summed E-state index contributed by atoms with van der Waals surface area (Å²) in [5.41, 5.74) is 6.30. The highest BCUT2D eigenvalue weighted by molar-refractivity contribution is 7.20. The third kappa shape index (κ3) is 1.24. The number of rotatable bonds is 0. The largest absolute Gasteiger partial charge is 0.396 e. The van der Waals surface area contributed by atoms with Crippen LogP contribution in [-0.4, -0.2) is 0 Å². The molecule has 0 fully saturated rings. The molecule has 0 unspecified atom stereocenters. The second-order valence-corrected chi connectivity index (χ2v) is 4.09. The van der Waals surface area contributed by atoms with Crippen molar-refractivity contribution in [3.8, 4) is 6.07 Å². The lowest BCUT2D eigenvalue weighted by Crippen LogP contribution is -1.83. The van der Waals surface area contributed by atoms with Gasteiger partial charge in [-0.15, -0.1) is 11.3 Å². The van der Waals surface area contributed by atoms with Crippen molar-refractivity contribution in [1.82, 2.24) is 0 Å². The number of nitrogens with two attached hydrogens (primary N) is 1. The lowest BCUT2D eigenvalue weighted by molar-refractivity contribution is 1.52. The number of benzene rings is 1. The van der Waals surface area contributed by atoms with Crippen LogP contribution in [0.1, 0.15) is 4.88 Å². The van der Waals surface area contributed by atoms with Gasteiger partial charge in [0.2, 0.25) is 0 Å². The third-order valence-corrected chi connectivity index (χ3v) is 3.10. The molecule has 0 aliphatic carbocycles. The predicted octanol–water partition coefficient (Wildman–Crippen LogP) is 3.01. The summed E-state index contributed by atoms with van der Waals surface area (Å²) >= 11 is 7.17. The number of hydrogen-bond acceptors (Lipinski definition) is 3. The van der Waals surface area contributed by atoms with Crippen LogP contribution in [0.5, 0.6) is 0 Å². The number of nitrogens with zero attached hydrogens (tertiary/aromatic N) is 1. The van der Waals surface area contributed by atoms with E-state index < -0.39 is 0 Å². The van der Waals surface area contributed by atoms with E-state index in [0.717, 1.165) is 10.1 Å². The van der Waals surface area contributed by atoms with Crippen LogP contribution in [0.2, 0.25) is 5.02 Å². The van der Waals surface area contributed by atoms with E-state index in [4.69, 9.17) is 22.6 Å². The Morgan fingerprint density at radius 3 is 2.92 bits per heavy atom. The first-order chi connectivity index (χ1) is 6.22. The normalized spacial score (nSPS) is 10.2. The Morgan fingerprint density at radius 2 is 2.23 bits per heavy atom. The van der Waals surface area contributed by atoms with Crippen LogP contribution in [0.4, 0.5) is 5.69 Å². The molecule has 0 bridgehead atoms. The molecule has 2 aromatic rings. The van der Waals surface area contributed by atoms with Crippen LogP contribution in [-0.2, 0) is 0 Å². The van der Waals surface area contributed by atoms with Gasteiger partial charge in [0.1, 0.15) is 10.9 Å². The van der Waals surface area contributed by atoms with Crippen molar-refractivity contribution >= 4 is 38.7 Å². The van der Waals surface area contributed by atoms with Crippen molar-refractivity contribution < 1.29 is 0 Å². The van der Waals surface area contributed by atoms with Crippen molar-refractivity contribution in [3.05, 3.63) is 28.1 Å². The van der Waals surface area contributed by atoms with Crippen molar-refractivity contribution in [1.29, 1.82) is 5.26 Å². The highest BCUT2D eigenvalue weighted by atomic mass is 35.5. The van der Waals surface area contributed by atoms with Gasteiger partial charge in [-0.1, -0.05) is 11.6 Å². The summed E-state index contributed by atoms with van der Waals surface area (Å²) in [7, 11) is 0. The van der Waals surface area contributed by atoms with Gasteiger partial charge in [0, 0.05) is 15.1 Å². The molecule has 0 saturated heterocycles. The van der Waals surface area contributed by atoms with Gasteiger partial charge in [0.15, 0.2) is 0 Å². The van der Waals surface area contributed by atoms with Crippen LogP contribution in [0.15, 0.2) is 18.2 Å². The Hall–Kier alpha value is -1.24. The molecule has 0 radical (unpaired) electrons. The SMILES string of the molecule is N#Cc1sc2cc(Cl)ccc2c1N. The molecule has 2 rings (SSSR count). The fourth-order valence-electron chi connectivity index (χ4n) is 1.17. The topological polar surface area (TPSA) is 49.8 Å². The second kappa shape index (κ2) is 2.91. The smallest absolute Gasteiger partial charge is 0.129 e. The minimum Gasteiger partial charge on any atom is -0.396 e. The van der Waals surface area contributed by atoms with Crippen LogP contribution < -0.4 is 5.73 Å². The van der Waals surface area contributed by atoms with Crippen LogP contribution >= 0.6 is 22.9 Å². The maximum absolute atomic E-state index is 8.74. The Bertz CT molecular complexity index is 510. The maximum atomic E-state index is 8.74. The summed E-state index contributed by atoms with van der Waals surface area (Å²) in [6.45, 7) is 0. The quantitative estimate of drug-likeness (QED) is 0.724. The second-order valence-electron chi connectivity index (χ2n) is 2.60.